The first-order valence-electron chi connectivity index (χ1n) is 6.74. The van der Waals surface area contributed by atoms with Gasteiger partial charge < -0.3 is 14.7 Å². The van der Waals surface area contributed by atoms with Gasteiger partial charge in [0.05, 0.1) is 29.9 Å². The average molecular weight is 270 g/mol. The molecule has 1 saturated heterocycles. The van der Waals surface area contributed by atoms with Gasteiger partial charge in [0.2, 0.25) is 0 Å². The van der Waals surface area contributed by atoms with E-state index in [2.05, 4.69) is 18.7 Å². The standard InChI is InChI=1S/C13H22N2O2S/c1-3-5-11-12(9-16)18-13(14-11)15-6-7-17-10(4-2)8-15/h10,16H,3-9H2,1-2H3. The Balaban J connectivity index is 2.12. The number of hydrogen-bond acceptors (Lipinski definition) is 5. The van der Waals surface area contributed by atoms with Crippen LogP contribution in [0, 0.1) is 0 Å². The molecule has 0 radical (unpaired) electrons. The molecule has 0 saturated carbocycles. The third-order valence-corrected chi connectivity index (χ3v) is 4.41. The lowest BCUT2D eigenvalue weighted by Crippen LogP contribution is -2.42. The molecule has 0 spiro atoms. The molecule has 102 valence electrons. The maximum absolute atomic E-state index is 9.38. The van der Waals surface area contributed by atoms with Gasteiger partial charge >= 0.3 is 0 Å². The molecule has 1 aromatic heterocycles. The highest BCUT2D eigenvalue weighted by molar-refractivity contribution is 7.15. The van der Waals surface area contributed by atoms with E-state index in [1.807, 2.05) is 0 Å². The number of nitrogens with zero attached hydrogens (tertiary/aromatic N) is 2. The molecule has 2 heterocycles. The molecule has 0 aromatic carbocycles. The Morgan fingerprint density at radius 1 is 1.50 bits per heavy atom. The van der Waals surface area contributed by atoms with E-state index in [-0.39, 0.29) is 6.61 Å². The van der Waals surface area contributed by atoms with Crippen molar-refractivity contribution in [1.29, 1.82) is 0 Å². The summed E-state index contributed by atoms with van der Waals surface area (Å²) < 4.78 is 5.68. The first-order valence-corrected chi connectivity index (χ1v) is 7.56. The largest absolute Gasteiger partial charge is 0.391 e. The summed E-state index contributed by atoms with van der Waals surface area (Å²) in [4.78, 5) is 8.00. The van der Waals surface area contributed by atoms with Crippen LogP contribution in [0.25, 0.3) is 0 Å². The van der Waals surface area contributed by atoms with Crippen molar-refractivity contribution in [3.05, 3.63) is 10.6 Å². The Bertz CT molecular complexity index is 381. The second-order valence-electron chi connectivity index (χ2n) is 4.62. The van der Waals surface area contributed by atoms with E-state index in [0.717, 1.165) is 54.7 Å². The van der Waals surface area contributed by atoms with Crippen LogP contribution in [0.2, 0.25) is 0 Å². The Hall–Kier alpha value is -0.650. The second-order valence-corrected chi connectivity index (χ2v) is 5.68. The number of hydrogen-bond donors (Lipinski definition) is 1. The summed E-state index contributed by atoms with van der Waals surface area (Å²) >= 11 is 1.63. The topological polar surface area (TPSA) is 45.6 Å². The predicted octanol–water partition coefficient (Wildman–Crippen LogP) is 2.20. The van der Waals surface area contributed by atoms with Crippen molar-refractivity contribution < 1.29 is 9.84 Å². The van der Waals surface area contributed by atoms with Crippen molar-refractivity contribution in [2.45, 2.75) is 45.8 Å². The number of anilines is 1. The molecule has 4 nitrogen and oxygen atoms in total. The number of aromatic nitrogens is 1. The third-order valence-electron chi connectivity index (χ3n) is 3.26. The van der Waals surface area contributed by atoms with Crippen molar-refractivity contribution in [2.24, 2.45) is 0 Å². The van der Waals surface area contributed by atoms with E-state index in [4.69, 9.17) is 9.72 Å². The van der Waals surface area contributed by atoms with Gasteiger partial charge in [-0.25, -0.2) is 4.98 Å². The van der Waals surface area contributed by atoms with Crippen LogP contribution < -0.4 is 4.90 Å². The van der Waals surface area contributed by atoms with E-state index in [0.29, 0.717) is 6.10 Å². The molecule has 1 atom stereocenters. The fourth-order valence-electron chi connectivity index (χ4n) is 2.20. The van der Waals surface area contributed by atoms with Gasteiger partial charge in [-0.15, -0.1) is 0 Å². The highest BCUT2D eigenvalue weighted by atomic mass is 32.1. The van der Waals surface area contributed by atoms with Crippen LogP contribution in [0.15, 0.2) is 0 Å². The van der Waals surface area contributed by atoms with Gasteiger partial charge in [0.15, 0.2) is 5.13 Å². The molecule has 2 rings (SSSR count). The highest BCUT2D eigenvalue weighted by Gasteiger charge is 2.22. The van der Waals surface area contributed by atoms with Crippen LogP contribution in [-0.2, 0) is 17.8 Å². The van der Waals surface area contributed by atoms with E-state index >= 15 is 0 Å². The van der Waals surface area contributed by atoms with Crippen molar-refractivity contribution in [2.75, 3.05) is 24.6 Å². The highest BCUT2D eigenvalue weighted by Crippen LogP contribution is 2.28. The number of aliphatic hydroxyl groups excluding tert-OH is 1. The van der Waals surface area contributed by atoms with E-state index in [1.165, 1.54) is 0 Å². The van der Waals surface area contributed by atoms with Crippen molar-refractivity contribution >= 4 is 16.5 Å². The lowest BCUT2D eigenvalue weighted by molar-refractivity contribution is 0.0384. The van der Waals surface area contributed by atoms with Gasteiger partial charge in [-0.2, -0.15) is 0 Å². The molecule has 1 N–H and O–H groups in total. The molecule has 1 aromatic rings. The minimum atomic E-state index is 0.106. The molecule has 1 fully saturated rings. The molecule has 1 unspecified atom stereocenters. The van der Waals surface area contributed by atoms with Crippen molar-refractivity contribution in [3.8, 4) is 0 Å². The minimum absolute atomic E-state index is 0.106. The Kier molecular flexibility index (Phi) is 4.97. The van der Waals surface area contributed by atoms with Gasteiger partial charge in [-0.1, -0.05) is 31.6 Å². The Labute approximate surface area is 113 Å². The monoisotopic (exact) mass is 270 g/mol. The molecule has 5 heteroatoms. The molecular formula is C13H22N2O2S. The number of rotatable bonds is 5. The van der Waals surface area contributed by atoms with Gasteiger partial charge in [-0.05, 0) is 12.8 Å². The van der Waals surface area contributed by atoms with Gasteiger partial charge in [0.25, 0.3) is 0 Å². The maximum atomic E-state index is 9.38. The van der Waals surface area contributed by atoms with E-state index in [9.17, 15) is 5.11 Å². The summed E-state index contributed by atoms with van der Waals surface area (Å²) in [5.41, 5.74) is 1.07. The second kappa shape index (κ2) is 6.50. The number of thiazole rings is 1. The first kappa shape index (κ1) is 13.8. The molecule has 0 amide bonds. The molecule has 1 aliphatic heterocycles. The van der Waals surface area contributed by atoms with Crippen LogP contribution in [0.3, 0.4) is 0 Å². The van der Waals surface area contributed by atoms with E-state index in [1.54, 1.807) is 11.3 Å². The minimum Gasteiger partial charge on any atom is -0.391 e. The fourth-order valence-corrected chi connectivity index (χ4v) is 3.20. The molecule has 0 aliphatic carbocycles. The zero-order valence-electron chi connectivity index (χ0n) is 11.2. The number of aliphatic hydroxyl groups is 1. The van der Waals surface area contributed by atoms with Crippen LogP contribution in [-0.4, -0.2) is 35.9 Å². The molecular weight excluding hydrogens is 248 g/mol. The Morgan fingerprint density at radius 2 is 2.33 bits per heavy atom. The lowest BCUT2D eigenvalue weighted by Gasteiger charge is -2.32. The zero-order valence-corrected chi connectivity index (χ0v) is 12.0. The summed E-state index contributed by atoms with van der Waals surface area (Å²) in [5.74, 6) is 0. The SMILES string of the molecule is CCCc1nc(N2CCOC(CC)C2)sc1CO. The molecule has 0 bridgehead atoms. The number of morpholine rings is 1. The zero-order chi connectivity index (χ0) is 13.0. The summed E-state index contributed by atoms with van der Waals surface area (Å²) in [5, 5.41) is 10.4. The fraction of sp³-hybridized carbons (Fsp3) is 0.769. The summed E-state index contributed by atoms with van der Waals surface area (Å²) in [7, 11) is 0. The predicted molar refractivity (Wildman–Crippen MR) is 74.3 cm³/mol. The maximum Gasteiger partial charge on any atom is 0.186 e. The van der Waals surface area contributed by atoms with Crippen molar-refractivity contribution in [1.82, 2.24) is 4.98 Å². The van der Waals surface area contributed by atoms with Crippen LogP contribution in [0.5, 0.6) is 0 Å². The summed E-state index contributed by atoms with van der Waals surface area (Å²) in [6.07, 6.45) is 3.37. The lowest BCUT2D eigenvalue weighted by atomic mass is 10.2. The number of aryl methyl sites for hydroxylation is 1. The summed E-state index contributed by atoms with van der Waals surface area (Å²) in [6, 6.07) is 0. The average Bonchev–Trinajstić information content (AvgIpc) is 2.82. The van der Waals surface area contributed by atoms with Gasteiger partial charge in [0, 0.05) is 13.1 Å². The summed E-state index contributed by atoms with van der Waals surface area (Å²) in [6.45, 7) is 6.99. The number of ether oxygens (including phenoxy) is 1. The van der Waals surface area contributed by atoms with Crippen LogP contribution in [0.4, 0.5) is 5.13 Å². The van der Waals surface area contributed by atoms with Crippen LogP contribution in [0.1, 0.15) is 37.3 Å². The smallest absolute Gasteiger partial charge is 0.186 e. The van der Waals surface area contributed by atoms with Crippen molar-refractivity contribution in [3.63, 3.8) is 0 Å². The third kappa shape index (κ3) is 3.02. The molecule has 1 aliphatic rings. The Morgan fingerprint density at radius 3 is 3.00 bits per heavy atom. The first-order chi connectivity index (χ1) is 8.78. The quantitative estimate of drug-likeness (QED) is 0.891. The van der Waals surface area contributed by atoms with E-state index < -0.39 is 0 Å². The molecule has 18 heavy (non-hydrogen) atoms. The van der Waals surface area contributed by atoms with Gasteiger partial charge in [-0.3, -0.25) is 0 Å². The van der Waals surface area contributed by atoms with Crippen LogP contribution >= 0.6 is 11.3 Å². The normalized spacial score (nSPS) is 20.4. The van der Waals surface area contributed by atoms with Gasteiger partial charge in [0.1, 0.15) is 0 Å².